The summed E-state index contributed by atoms with van der Waals surface area (Å²) in [5.74, 6) is 1.11. The first kappa shape index (κ1) is 22.1. The third kappa shape index (κ3) is 7.02. The summed E-state index contributed by atoms with van der Waals surface area (Å²) in [5.41, 5.74) is 4.37. The minimum atomic E-state index is -0.152. The van der Waals surface area contributed by atoms with E-state index in [1.807, 2.05) is 54.3 Å². The number of morpholine rings is 1. The molecule has 1 amide bonds. The third-order valence-corrected chi connectivity index (χ3v) is 4.70. The molecule has 1 N–H and O–H groups in total. The summed E-state index contributed by atoms with van der Waals surface area (Å²) in [4.78, 5) is 14.0. The monoisotopic (exact) mass is 431 g/mol. The van der Waals surface area contributed by atoms with Gasteiger partial charge in [-0.3, -0.25) is 9.69 Å². The van der Waals surface area contributed by atoms with E-state index >= 15 is 0 Å². The topological polar surface area (TPSA) is 72.4 Å². The van der Waals surface area contributed by atoms with Gasteiger partial charge in [0.15, 0.2) is 11.5 Å². The van der Waals surface area contributed by atoms with Gasteiger partial charge >= 0.3 is 0 Å². The maximum Gasteiger partial charge on any atom is 0.254 e. The Balaban J connectivity index is 1.55. The molecule has 0 atom stereocenters. The van der Waals surface area contributed by atoms with Gasteiger partial charge in [-0.25, -0.2) is 5.43 Å². The summed E-state index contributed by atoms with van der Waals surface area (Å²) >= 11 is 5.92. The van der Waals surface area contributed by atoms with Gasteiger partial charge in [0.2, 0.25) is 0 Å². The van der Waals surface area contributed by atoms with E-state index in [0.717, 1.165) is 24.2 Å². The summed E-state index contributed by atoms with van der Waals surface area (Å²) in [6.07, 6.45) is 1.59. The smallest absolute Gasteiger partial charge is 0.254 e. The van der Waals surface area contributed by atoms with Gasteiger partial charge in [0.05, 0.1) is 32.6 Å². The number of amides is 1. The van der Waals surface area contributed by atoms with Crippen LogP contribution in [0.1, 0.15) is 18.1 Å². The van der Waals surface area contributed by atoms with Crippen molar-refractivity contribution in [2.24, 2.45) is 5.10 Å². The maximum atomic E-state index is 12.0. The number of hydrogen-bond donors (Lipinski definition) is 1. The lowest BCUT2D eigenvalue weighted by atomic mass is 10.2. The van der Waals surface area contributed by atoms with Crippen LogP contribution in [0.5, 0.6) is 11.5 Å². The van der Waals surface area contributed by atoms with Crippen LogP contribution in [0.15, 0.2) is 47.6 Å². The summed E-state index contributed by atoms with van der Waals surface area (Å²) in [5, 5.41) is 4.74. The van der Waals surface area contributed by atoms with Crippen molar-refractivity contribution in [1.82, 2.24) is 10.3 Å². The Labute approximate surface area is 181 Å². The first-order valence-corrected chi connectivity index (χ1v) is 10.3. The van der Waals surface area contributed by atoms with Gasteiger partial charge in [-0.2, -0.15) is 5.10 Å². The van der Waals surface area contributed by atoms with Crippen molar-refractivity contribution in [3.05, 3.63) is 58.6 Å². The second kappa shape index (κ2) is 11.5. The largest absolute Gasteiger partial charge is 0.490 e. The van der Waals surface area contributed by atoms with Crippen LogP contribution >= 0.6 is 11.6 Å². The molecule has 0 radical (unpaired) electrons. The van der Waals surface area contributed by atoms with E-state index in [2.05, 4.69) is 10.5 Å². The van der Waals surface area contributed by atoms with Crippen molar-refractivity contribution in [3.63, 3.8) is 0 Å². The molecule has 3 rings (SSSR count). The molecule has 1 saturated heterocycles. The molecule has 8 heteroatoms. The minimum absolute atomic E-state index is 0.152. The minimum Gasteiger partial charge on any atom is -0.490 e. The highest BCUT2D eigenvalue weighted by atomic mass is 35.5. The quantitative estimate of drug-likeness (QED) is 0.488. The van der Waals surface area contributed by atoms with Crippen molar-refractivity contribution < 1.29 is 19.0 Å². The Morgan fingerprint density at radius 1 is 1.17 bits per heavy atom. The van der Waals surface area contributed by atoms with Gasteiger partial charge in [0.25, 0.3) is 5.91 Å². The maximum absolute atomic E-state index is 12.0. The van der Waals surface area contributed by atoms with Crippen LogP contribution in [-0.4, -0.2) is 56.5 Å². The molecule has 1 aliphatic rings. The Bertz CT molecular complexity index is 852. The number of nitrogens with one attached hydrogen (secondary N) is 1. The van der Waals surface area contributed by atoms with Gasteiger partial charge in [0.1, 0.15) is 6.61 Å². The number of halogens is 1. The number of rotatable bonds is 9. The molecule has 30 heavy (non-hydrogen) atoms. The Kier molecular flexibility index (Phi) is 8.50. The van der Waals surface area contributed by atoms with Crippen LogP contribution < -0.4 is 14.9 Å². The number of hydrogen-bond acceptors (Lipinski definition) is 6. The zero-order chi connectivity index (χ0) is 21.2. The van der Waals surface area contributed by atoms with E-state index in [0.29, 0.717) is 49.5 Å². The standard InChI is InChI=1S/C22H26ClN3O4/c1-2-29-21-13-18(14-24-25-22(27)15-26-9-11-28-12-10-26)5-8-20(21)30-16-17-3-6-19(23)7-4-17/h3-8,13-14H,2,9-12,15-16H2,1H3,(H,25,27). The molecule has 0 bridgehead atoms. The van der Waals surface area contributed by atoms with Crippen molar-refractivity contribution in [2.75, 3.05) is 39.5 Å². The zero-order valence-electron chi connectivity index (χ0n) is 17.0. The number of nitrogens with zero attached hydrogens (tertiary/aromatic N) is 2. The summed E-state index contributed by atoms with van der Waals surface area (Å²) in [6, 6.07) is 13.0. The molecule has 1 heterocycles. The van der Waals surface area contributed by atoms with Crippen molar-refractivity contribution >= 4 is 23.7 Å². The number of benzene rings is 2. The second-order valence-electron chi connectivity index (χ2n) is 6.74. The van der Waals surface area contributed by atoms with Crippen LogP contribution in [0.4, 0.5) is 0 Å². The van der Waals surface area contributed by atoms with Crippen molar-refractivity contribution in [3.8, 4) is 11.5 Å². The van der Waals surface area contributed by atoms with E-state index in [1.165, 1.54) is 0 Å². The number of ether oxygens (including phenoxy) is 3. The molecule has 7 nitrogen and oxygen atoms in total. The number of hydrazone groups is 1. The third-order valence-electron chi connectivity index (χ3n) is 4.45. The fourth-order valence-electron chi connectivity index (χ4n) is 2.91. The molecule has 160 valence electrons. The summed E-state index contributed by atoms with van der Waals surface area (Å²) in [7, 11) is 0. The van der Waals surface area contributed by atoms with Crippen LogP contribution in [0.3, 0.4) is 0 Å². The Morgan fingerprint density at radius 2 is 1.93 bits per heavy atom. The van der Waals surface area contributed by atoms with Crippen LogP contribution in [0.2, 0.25) is 5.02 Å². The highest BCUT2D eigenvalue weighted by Crippen LogP contribution is 2.29. The molecule has 0 saturated carbocycles. The van der Waals surface area contributed by atoms with Crippen molar-refractivity contribution in [1.29, 1.82) is 0 Å². The molecule has 0 aromatic heterocycles. The number of carbonyl (C=O) groups excluding carboxylic acids is 1. The van der Waals surface area contributed by atoms with Gasteiger partial charge < -0.3 is 14.2 Å². The SMILES string of the molecule is CCOc1cc(C=NNC(=O)CN2CCOCC2)ccc1OCc1ccc(Cl)cc1. The van der Waals surface area contributed by atoms with Crippen LogP contribution in [0, 0.1) is 0 Å². The molecule has 0 spiro atoms. The lowest BCUT2D eigenvalue weighted by Crippen LogP contribution is -2.42. The molecule has 2 aromatic rings. The first-order chi connectivity index (χ1) is 14.6. The normalized spacial score (nSPS) is 14.6. The van der Waals surface area contributed by atoms with E-state index in [9.17, 15) is 4.79 Å². The lowest BCUT2D eigenvalue weighted by Gasteiger charge is -2.25. The van der Waals surface area contributed by atoms with Crippen LogP contribution in [-0.2, 0) is 16.1 Å². The van der Waals surface area contributed by atoms with Gasteiger partial charge in [-0.1, -0.05) is 23.7 Å². The highest BCUT2D eigenvalue weighted by molar-refractivity contribution is 6.30. The van der Waals surface area contributed by atoms with E-state index in [4.69, 9.17) is 25.8 Å². The van der Waals surface area contributed by atoms with Crippen molar-refractivity contribution in [2.45, 2.75) is 13.5 Å². The van der Waals surface area contributed by atoms with Gasteiger partial charge in [-0.15, -0.1) is 0 Å². The van der Waals surface area contributed by atoms with Gasteiger partial charge in [0, 0.05) is 18.1 Å². The van der Waals surface area contributed by atoms with E-state index in [1.54, 1.807) is 6.21 Å². The molecule has 0 unspecified atom stereocenters. The predicted molar refractivity (Wildman–Crippen MR) is 116 cm³/mol. The molecule has 0 aliphatic carbocycles. The molecule has 1 aliphatic heterocycles. The molecule has 1 fully saturated rings. The average Bonchev–Trinajstić information content (AvgIpc) is 2.75. The Morgan fingerprint density at radius 3 is 2.67 bits per heavy atom. The highest BCUT2D eigenvalue weighted by Gasteiger charge is 2.13. The fraction of sp³-hybridized carbons (Fsp3) is 0.364. The second-order valence-corrected chi connectivity index (χ2v) is 7.17. The van der Waals surface area contributed by atoms with E-state index < -0.39 is 0 Å². The zero-order valence-corrected chi connectivity index (χ0v) is 17.7. The molecular formula is C22H26ClN3O4. The van der Waals surface area contributed by atoms with Crippen LogP contribution in [0.25, 0.3) is 0 Å². The number of carbonyl (C=O) groups is 1. The summed E-state index contributed by atoms with van der Waals surface area (Å²) in [6.45, 7) is 5.96. The molecular weight excluding hydrogens is 406 g/mol. The average molecular weight is 432 g/mol. The van der Waals surface area contributed by atoms with Gasteiger partial charge in [-0.05, 0) is 48.4 Å². The summed E-state index contributed by atoms with van der Waals surface area (Å²) < 4.78 is 16.9. The lowest BCUT2D eigenvalue weighted by molar-refractivity contribution is -0.123. The van der Waals surface area contributed by atoms with E-state index in [-0.39, 0.29) is 5.91 Å². The fourth-order valence-corrected chi connectivity index (χ4v) is 3.04. The predicted octanol–water partition coefficient (Wildman–Crippen LogP) is 3.10. The molecule has 2 aromatic carbocycles. The Hall–Kier alpha value is -2.61. The first-order valence-electron chi connectivity index (χ1n) is 9.90.